The quantitative estimate of drug-likeness (QED) is 0.611. The molecule has 1 atom stereocenters. The summed E-state index contributed by atoms with van der Waals surface area (Å²) in [4.78, 5) is 4.66. The number of thiazole rings is 1. The molecule has 3 aromatic rings. The van der Waals surface area contributed by atoms with Crippen LogP contribution in [-0.2, 0) is 0 Å². The molecule has 1 aromatic heterocycles. The van der Waals surface area contributed by atoms with E-state index >= 15 is 0 Å². The summed E-state index contributed by atoms with van der Waals surface area (Å²) < 4.78 is 8.37. The van der Waals surface area contributed by atoms with Crippen molar-refractivity contribution in [2.45, 2.75) is 6.10 Å². The van der Waals surface area contributed by atoms with Gasteiger partial charge in [-0.2, -0.15) is 0 Å². The van der Waals surface area contributed by atoms with Crippen molar-refractivity contribution < 1.29 is 14.9 Å². The van der Waals surface area contributed by atoms with Crippen LogP contribution in [-0.4, -0.2) is 41.6 Å². The minimum atomic E-state index is -0.871. The minimum absolute atomic E-state index is 0.0647. The first kappa shape index (κ1) is 17.2. The van der Waals surface area contributed by atoms with Gasteiger partial charge in [0.05, 0.1) is 16.8 Å². The summed E-state index contributed by atoms with van der Waals surface area (Å²) in [6, 6.07) is 13.8. The van der Waals surface area contributed by atoms with Crippen LogP contribution in [0.3, 0.4) is 0 Å². The molecule has 0 fully saturated rings. The maximum Gasteiger partial charge on any atom is 0.124 e. The first-order chi connectivity index (χ1) is 11.6. The van der Waals surface area contributed by atoms with Crippen LogP contribution in [0, 0.1) is 0 Å². The van der Waals surface area contributed by atoms with Crippen molar-refractivity contribution in [1.29, 1.82) is 0 Å². The molecule has 7 heteroatoms. The molecule has 0 saturated heterocycles. The second kappa shape index (κ2) is 7.48. The average molecular weight is 409 g/mol. The number of fused-ring (bicyclic) bond motifs is 1. The number of rotatable bonds is 6. The summed E-state index contributed by atoms with van der Waals surface area (Å²) in [6.45, 7) is -0.248. The third-order valence-electron chi connectivity index (χ3n) is 3.48. The van der Waals surface area contributed by atoms with Crippen LogP contribution in [0.5, 0.6) is 5.75 Å². The van der Waals surface area contributed by atoms with E-state index in [0.717, 1.165) is 26.5 Å². The summed E-state index contributed by atoms with van der Waals surface area (Å²) in [6.07, 6.45) is -0.871. The Bertz CT molecular complexity index is 820. The number of nitrogens with zero attached hydrogens (tertiary/aromatic N) is 2. The third-order valence-corrected chi connectivity index (χ3v) is 4.96. The molecule has 2 aromatic carbocycles. The van der Waals surface area contributed by atoms with Gasteiger partial charge < -0.3 is 18.9 Å². The molecular weight excluding hydrogens is 392 g/mol. The van der Waals surface area contributed by atoms with Crippen LogP contribution in [0.2, 0.25) is 0 Å². The summed E-state index contributed by atoms with van der Waals surface area (Å²) in [5, 5.41) is 19.1. The highest BCUT2D eigenvalue weighted by atomic mass is 79.9. The molecule has 0 amide bonds. The van der Waals surface area contributed by atoms with Crippen LogP contribution in [0.1, 0.15) is 0 Å². The number of ether oxygens (including phenoxy) is 1. The largest absolute Gasteiger partial charge is 0.491 e. The van der Waals surface area contributed by atoms with Crippen molar-refractivity contribution in [3.05, 3.63) is 42.5 Å². The molecule has 2 N–H and O–H groups in total. The summed E-state index contributed by atoms with van der Waals surface area (Å²) in [5.41, 5.74) is 3.04. The Morgan fingerprint density at radius 2 is 2.00 bits per heavy atom. The predicted molar refractivity (Wildman–Crippen MR) is 101 cm³/mol. The fraction of sp³-hybridized carbons (Fsp3) is 0.235. The van der Waals surface area contributed by atoms with Gasteiger partial charge in [-0.05, 0) is 42.5 Å². The Labute approximate surface area is 152 Å². The number of halogens is 1. The van der Waals surface area contributed by atoms with Crippen LogP contribution in [0.15, 0.2) is 42.5 Å². The van der Waals surface area contributed by atoms with Crippen molar-refractivity contribution >= 4 is 43.4 Å². The van der Waals surface area contributed by atoms with Crippen molar-refractivity contribution in [3.63, 3.8) is 0 Å². The molecule has 0 aliphatic heterocycles. The molecule has 0 aliphatic rings. The molecule has 1 heterocycles. The lowest BCUT2D eigenvalue weighted by Gasteiger charge is -2.09. The maximum atomic E-state index is 9.36. The predicted octanol–water partition coefficient (Wildman–Crippen LogP) is 3.44. The van der Waals surface area contributed by atoms with E-state index < -0.39 is 6.10 Å². The summed E-state index contributed by atoms with van der Waals surface area (Å²) in [7, 11) is 1.93. The molecule has 5 nitrogen and oxygen atoms in total. The number of aliphatic hydroxyl groups excluding tert-OH is 2. The Morgan fingerprint density at radius 3 is 2.67 bits per heavy atom. The van der Waals surface area contributed by atoms with E-state index in [1.807, 2.05) is 53.4 Å². The minimum Gasteiger partial charge on any atom is -0.491 e. The van der Waals surface area contributed by atoms with Gasteiger partial charge in [0.1, 0.15) is 23.5 Å². The number of benzene rings is 2. The smallest absolute Gasteiger partial charge is 0.124 e. The van der Waals surface area contributed by atoms with Gasteiger partial charge in [-0.1, -0.05) is 0 Å². The Morgan fingerprint density at radius 1 is 1.25 bits per heavy atom. The summed E-state index contributed by atoms with van der Waals surface area (Å²) in [5.74, 6) is 0.654. The topological polar surface area (TPSA) is 65.8 Å². The van der Waals surface area contributed by atoms with Gasteiger partial charge in [-0.3, -0.25) is 0 Å². The fourth-order valence-electron chi connectivity index (χ4n) is 2.17. The SMILES string of the molecule is CN(Br)c1ccc(-c2nc3ccc(OC[C@H](O)CO)cc3s2)cc1. The zero-order chi connectivity index (χ0) is 17.1. The van der Waals surface area contributed by atoms with Gasteiger partial charge in [0.2, 0.25) is 0 Å². The number of hydrogen-bond donors (Lipinski definition) is 2. The number of anilines is 1. The third kappa shape index (κ3) is 3.87. The Balaban J connectivity index is 1.83. The van der Waals surface area contributed by atoms with E-state index in [-0.39, 0.29) is 13.2 Å². The van der Waals surface area contributed by atoms with Gasteiger partial charge in [-0.25, -0.2) is 4.98 Å². The van der Waals surface area contributed by atoms with E-state index in [2.05, 4.69) is 21.1 Å². The molecule has 0 aliphatic carbocycles. The molecule has 3 rings (SSSR count). The van der Waals surface area contributed by atoms with Gasteiger partial charge in [-0.15, -0.1) is 11.3 Å². The lowest BCUT2D eigenvalue weighted by molar-refractivity contribution is 0.0536. The molecule has 0 saturated carbocycles. The Kier molecular flexibility index (Phi) is 5.35. The van der Waals surface area contributed by atoms with Crippen LogP contribution >= 0.6 is 27.5 Å². The lowest BCUT2D eigenvalue weighted by atomic mass is 10.2. The van der Waals surface area contributed by atoms with Crippen molar-refractivity contribution in [2.24, 2.45) is 0 Å². The number of aromatic nitrogens is 1. The molecule has 0 unspecified atom stereocenters. The van der Waals surface area contributed by atoms with Crippen molar-refractivity contribution in [1.82, 2.24) is 4.98 Å². The average Bonchev–Trinajstić information content (AvgIpc) is 3.03. The lowest BCUT2D eigenvalue weighted by Crippen LogP contribution is -2.21. The number of aliphatic hydroxyl groups is 2. The van der Waals surface area contributed by atoms with Crippen LogP contribution < -0.4 is 8.66 Å². The standard InChI is InChI=1S/C17H17BrN2O3S/c1-20(18)12-4-2-11(3-5-12)17-19-15-7-6-14(8-16(15)24-17)23-10-13(22)9-21/h2-8,13,21-22H,9-10H2,1H3/t13-/m1/s1. The zero-order valence-electron chi connectivity index (χ0n) is 13.0. The highest BCUT2D eigenvalue weighted by Gasteiger charge is 2.09. The molecule has 0 spiro atoms. The number of hydrogen-bond acceptors (Lipinski definition) is 6. The Hall–Kier alpha value is -1.67. The maximum absolute atomic E-state index is 9.36. The van der Waals surface area contributed by atoms with E-state index in [9.17, 15) is 5.11 Å². The van der Waals surface area contributed by atoms with Crippen LogP contribution in [0.4, 0.5) is 5.69 Å². The normalized spacial score (nSPS) is 12.3. The second-order valence-corrected chi connectivity index (χ2v) is 7.41. The van der Waals surface area contributed by atoms with Crippen molar-refractivity contribution in [3.8, 4) is 16.3 Å². The first-order valence-corrected chi connectivity index (χ1v) is 8.91. The fourth-order valence-corrected chi connectivity index (χ4v) is 3.41. The molecular formula is C17H17BrN2O3S. The second-order valence-electron chi connectivity index (χ2n) is 5.32. The van der Waals surface area contributed by atoms with E-state index in [4.69, 9.17) is 9.84 Å². The molecule has 0 bridgehead atoms. The van der Waals surface area contributed by atoms with Crippen LogP contribution in [0.25, 0.3) is 20.8 Å². The molecule has 24 heavy (non-hydrogen) atoms. The highest BCUT2D eigenvalue weighted by Crippen LogP contribution is 2.33. The van der Waals surface area contributed by atoms with Gasteiger partial charge in [0, 0.05) is 34.4 Å². The van der Waals surface area contributed by atoms with E-state index in [1.54, 1.807) is 11.3 Å². The molecule has 126 valence electrons. The van der Waals surface area contributed by atoms with Gasteiger partial charge >= 0.3 is 0 Å². The zero-order valence-corrected chi connectivity index (χ0v) is 15.4. The molecule has 0 radical (unpaired) electrons. The van der Waals surface area contributed by atoms with E-state index in [1.165, 1.54) is 0 Å². The summed E-state index contributed by atoms with van der Waals surface area (Å²) >= 11 is 4.99. The first-order valence-electron chi connectivity index (χ1n) is 7.39. The highest BCUT2D eigenvalue weighted by molar-refractivity contribution is 9.10. The van der Waals surface area contributed by atoms with E-state index in [0.29, 0.717) is 5.75 Å². The van der Waals surface area contributed by atoms with Gasteiger partial charge in [0.15, 0.2) is 0 Å². The van der Waals surface area contributed by atoms with Gasteiger partial charge in [0.25, 0.3) is 0 Å². The van der Waals surface area contributed by atoms with Crippen molar-refractivity contribution in [2.75, 3.05) is 24.2 Å². The monoisotopic (exact) mass is 408 g/mol.